The van der Waals surface area contributed by atoms with Gasteiger partial charge in [0.15, 0.2) is 0 Å². The second kappa shape index (κ2) is 6.82. The van der Waals surface area contributed by atoms with E-state index in [1.807, 2.05) is 0 Å². The number of nitrogens with zero attached hydrogens (tertiary/aromatic N) is 2. The second-order valence-corrected chi connectivity index (χ2v) is 3.36. The van der Waals surface area contributed by atoms with E-state index in [0.29, 0.717) is 13.2 Å². The minimum absolute atomic E-state index is 0.0999. The van der Waals surface area contributed by atoms with E-state index >= 15 is 0 Å². The summed E-state index contributed by atoms with van der Waals surface area (Å²) in [6.45, 7) is 4.55. The molecule has 0 amide bonds. The van der Waals surface area contributed by atoms with E-state index < -0.39 is 4.92 Å². The molecule has 1 heterocycles. The van der Waals surface area contributed by atoms with Crippen LogP contribution in [0, 0.1) is 10.1 Å². The minimum Gasteiger partial charge on any atom is -0.474 e. The van der Waals surface area contributed by atoms with Gasteiger partial charge >= 0.3 is 0 Å². The molecule has 1 aromatic rings. The van der Waals surface area contributed by atoms with Gasteiger partial charge in [0.25, 0.3) is 5.69 Å². The Morgan fingerprint density at radius 1 is 1.59 bits per heavy atom. The fourth-order valence-electron chi connectivity index (χ4n) is 0.985. The van der Waals surface area contributed by atoms with Crippen molar-refractivity contribution in [3.05, 3.63) is 40.1 Å². The lowest BCUT2D eigenvalue weighted by Gasteiger charge is -2.06. The Balaban J connectivity index is 2.49. The molecule has 0 aliphatic rings. The van der Waals surface area contributed by atoms with Crippen LogP contribution in [0.2, 0.25) is 5.02 Å². The zero-order valence-electron chi connectivity index (χ0n) is 8.97. The molecule has 0 spiro atoms. The van der Waals surface area contributed by atoms with Gasteiger partial charge in [0.1, 0.15) is 17.8 Å². The highest BCUT2D eigenvalue weighted by atomic mass is 35.5. The smallest absolute Gasteiger partial charge is 0.289 e. The summed E-state index contributed by atoms with van der Waals surface area (Å²) >= 11 is 5.76. The van der Waals surface area contributed by atoms with Gasteiger partial charge in [0, 0.05) is 6.07 Å². The number of rotatable bonds is 7. The van der Waals surface area contributed by atoms with E-state index in [0.717, 1.165) is 6.20 Å². The summed E-state index contributed by atoms with van der Waals surface area (Å²) in [5.41, 5.74) is -0.176. The Hall–Kier alpha value is -1.66. The molecule has 0 aromatic carbocycles. The molecule has 6 nitrogen and oxygen atoms in total. The topological polar surface area (TPSA) is 74.5 Å². The van der Waals surface area contributed by atoms with Gasteiger partial charge in [-0.15, -0.1) is 6.58 Å². The molecular weight excluding hydrogens is 248 g/mol. The molecule has 92 valence electrons. The Kier molecular flexibility index (Phi) is 5.38. The van der Waals surface area contributed by atoms with E-state index in [1.54, 1.807) is 6.08 Å². The van der Waals surface area contributed by atoms with Crippen molar-refractivity contribution in [2.45, 2.75) is 0 Å². The maximum absolute atomic E-state index is 10.4. The van der Waals surface area contributed by atoms with Crippen LogP contribution in [0.15, 0.2) is 24.9 Å². The number of ether oxygens (including phenoxy) is 2. The lowest BCUT2D eigenvalue weighted by atomic mass is 10.4. The maximum atomic E-state index is 10.4. The quantitative estimate of drug-likeness (QED) is 0.324. The predicted molar refractivity (Wildman–Crippen MR) is 62.4 cm³/mol. The van der Waals surface area contributed by atoms with Crippen LogP contribution >= 0.6 is 11.6 Å². The van der Waals surface area contributed by atoms with Gasteiger partial charge in [0.05, 0.1) is 18.1 Å². The number of nitro groups is 1. The van der Waals surface area contributed by atoms with Crippen LogP contribution in [0.3, 0.4) is 0 Å². The van der Waals surface area contributed by atoms with E-state index in [4.69, 9.17) is 21.1 Å². The van der Waals surface area contributed by atoms with Gasteiger partial charge in [-0.1, -0.05) is 17.7 Å². The highest BCUT2D eigenvalue weighted by molar-refractivity contribution is 6.32. The first-order chi connectivity index (χ1) is 8.15. The zero-order valence-corrected chi connectivity index (χ0v) is 9.72. The number of pyridine rings is 1. The van der Waals surface area contributed by atoms with Crippen LogP contribution in [0.5, 0.6) is 5.88 Å². The number of aromatic nitrogens is 1. The average Bonchev–Trinajstić information content (AvgIpc) is 2.30. The fraction of sp³-hybridized carbons (Fsp3) is 0.300. The largest absolute Gasteiger partial charge is 0.474 e. The van der Waals surface area contributed by atoms with Gasteiger partial charge in [-0.05, 0) is 0 Å². The van der Waals surface area contributed by atoms with Crippen LogP contribution in [-0.2, 0) is 4.74 Å². The molecule has 0 N–H and O–H groups in total. The lowest BCUT2D eigenvalue weighted by Crippen LogP contribution is -2.07. The number of hydrogen-bond donors (Lipinski definition) is 0. The highest BCUT2D eigenvalue weighted by Gasteiger charge is 2.11. The van der Waals surface area contributed by atoms with Gasteiger partial charge in [-0.25, -0.2) is 4.98 Å². The molecule has 0 bridgehead atoms. The van der Waals surface area contributed by atoms with Crippen molar-refractivity contribution in [3.63, 3.8) is 0 Å². The second-order valence-electron chi connectivity index (χ2n) is 2.95. The molecule has 0 atom stereocenters. The summed E-state index contributed by atoms with van der Waals surface area (Å²) in [5, 5.41) is 10.5. The van der Waals surface area contributed by atoms with Crippen molar-refractivity contribution >= 4 is 17.3 Å². The average molecular weight is 259 g/mol. The molecule has 0 unspecified atom stereocenters. The van der Waals surface area contributed by atoms with E-state index in [-0.39, 0.29) is 23.2 Å². The van der Waals surface area contributed by atoms with Crippen molar-refractivity contribution in [3.8, 4) is 5.88 Å². The number of hydrogen-bond acceptors (Lipinski definition) is 5. The van der Waals surface area contributed by atoms with Crippen molar-refractivity contribution in [1.82, 2.24) is 4.98 Å². The van der Waals surface area contributed by atoms with Gasteiger partial charge in [0.2, 0.25) is 5.88 Å². The molecule has 0 saturated heterocycles. The fourth-order valence-corrected chi connectivity index (χ4v) is 1.20. The number of halogens is 1. The van der Waals surface area contributed by atoms with Crippen molar-refractivity contribution in [1.29, 1.82) is 0 Å². The monoisotopic (exact) mass is 258 g/mol. The van der Waals surface area contributed by atoms with Gasteiger partial charge < -0.3 is 9.47 Å². The van der Waals surface area contributed by atoms with Crippen LogP contribution in [0.1, 0.15) is 0 Å². The summed E-state index contributed by atoms with van der Waals surface area (Å²) in [6.07, 6.45) is 2.71. The normalized spacial score (nSPS) is 9.94. The van der Waals surface area contributed by atoms with E-state index in [1.165, 1.54) is 6.07 Å². The minimum atomic E-state index is -0.574. The molecule has 0 radical (unpaired) electrons. The highest BCUT2D eigenvalue weighted by Crippen LogP contribution is 2.25. The summed E-state index contributed by atoms with van der Waals surface area (Å²) < 4.78 is 10.3. The Bertz CT molecular complexity index is 411. The Morgan fingerprint density at radius 2 is 2.35 bits per heavy atom. The third-order valence-corrected chi connectivity index (χ3v) is 1.98. The first-order valence-corrected chi connectivity index (χ1v) is 5.14. The van der Waals surface area contributed by atoms with E-state index in [2.05, 4.69) is 11.6 Å². The van der Waals surface area contributed by atoms with Crippen molar-refractivity contribution in [2.24, 2.45) is 0 Å². The molecule has 0 aliphatic carbocycles. The van der Waals surface area contributed by atoms with Crippen molar-refractivity contribution < 1.29 is 14.4 Å². The molecule has 1 rings (SSSR count). The summed E-state index contributed by atoms with van der Waals surface area (Å²) in [4.78, 5) is 13.6. The SMILES string of the molecule is C=CCOCCOc1ncc([N+](=O)[O-])cc1Cl. The molecule has 0 fully saturated rings. The molecule has 1 aromatic heterocycles. The first-order valence-electron chi connectivity index (χ1n) is 4.76. The van der Waals surface area contributed by atoms with Crippen LogP contribution in [0.4, 0.5) is 5.69 Å². The molecule has 7 heteroatoms. The molecule has 0 aliphatic heterocycles. The lowest BCUT2D eigenvalue weighted by molar-refractivity contribution is -0.385. The standard InChI is InChI=1S/C10H11ClN2O4/c1-2-3-16-4-5-17-10-9(11)6-8(7-12-10)13(14)15/h2,6-7H,1,3-5H2. The first kappa shape index (κ1) is 13.4. The summed E-state index contributed by atoms with van der Waals surface area (Å²) in [5.74, 6) is 0.152. The molecule has 17 heavy (non-hydrogen) atoms. The maximum Gasteiger partial charge on any atom is 0.289 e. The van der Waals surface area contributed by atoms with Gasteiger partial charge in [-0.2, -0.15) is 0 Å². The van der Waals surface area contributed by atoms with Crippen LogP contribution in [-0.4, -0.2) is 29.7 Å². The Morgan fingerprint density at radius 3 is 2.94 bits per heavy atom. The Labute approximate surface area is 103 Å². The van der Waals surface area contributed by atoms with Gasteiger partial charge in [-0.3, -0.25) is 10.1 Å². The zero-order chi connectivity index (χ0) is 12.7. The predicted octanol–water partition coefficient (Wildman–Crippen LogP) is 2.22. The molecule has 0 saturated carbocycles. The van der Waals surface area contributed by atoms with Crippen LogP contribution < -0.4 is 4.74 Å². The van der Waals surface area contributed by atoms with E-state index in [9.17, 15) is 10.1 Å². The summed E-state index contributed by atoms with van der Waals surface area (Å²) in [7, 11) is 0. The third kappa shape index (κ3) is 4.38. The third-order valence-electron chi connectivity index (χ3n) is 1.71. The van der Waals surface area contributed by atoms with Crippen LogP contribution in [0.25, 0.3) is 0 Å². The summed E-state index contributed by atoms with van der Waals surface area (Å²) in [6, 6.07) is 1.19. The van der Waals surface area contributed by atoms with Crippen molar-refractivity contribution in [2.75, 3.05) is 19.8 Å². The molecular formula is C10H11ClN2O4.